The van der Waals surface area contributed by atoms with E-state index in [1.807, 2.05) is 0 Å². The second kappa shape index (κ2) is 8.99. The van der Waals surface area contributed by atoms with Gasteiger partial charge in [-0.1, -0.05) is 13.8 Å². The molecule has 0 aromatic carbocycles. The van der Waals surface area contributed by atoms with Gasteiger partial charge in [-0.05, 0) is 24.3 Å². The highest BCUT2D eigenvalue weighted by Crippen LogP contribution is 2.33. The molecule has 0 bridgehead atoms. The van der Waals surface area contributed by atoms with Crippen LogP contribution in [-0.4, -0.2) is 64.1 Å². The molecule has 1 saturated heterocycles. The molecular formula is C19H25F3N6O2. The molecule has 0 saturated carbocycles. The summed E-state index contributed by atoms with van der Waals surface area (Å²) in [5.41, 5.74) is -1.75. The van der Waals surface area contributed by atoms with Gasteiger partial charge < -0.3 is 15.0 Å². The van der Waals surface area contributed by atoms with Gasteiger partial charge in [0.05, 0.1) is 18.9 Å². The summed E-state index contributed by atoms with van der Waals surface area (Å²) in [5, 5.41) is 13.7. The van der Waals surface area contributed by atoms with Gasteiger partial charge >= 0.3 is 6.18 Å². The summed E-state index contributed by atoms with van der Waals surface area (Å²) >= 11 is 0. The monoisotopic (exact) mass is 426 g/mol. The molecule has 1 aliphatic heterocycles. The Labute approximate surface area is 172 Å². The number of hydrogen-bond acceptors (Lipinski definition) is 6. The normalized spacial score (nSPS) is 20.2. The molecule has 8 nitrogen and oxygen atoms in total. The molecule has 2 atom stereocenters. The number of hydrogen-bond donors (Lipinski definition) is 1. The summed E-state index contributed by atoms with van der Waals surface area (Å²) in [6, 6.07) is 2.65. The fourth-order valence-corrected chi connectivity index (χ4v) is 3.89. The average Bonchev–Trinajstić information content (AvgIpc) is 3.13. The van der Waals surface area contributed by atoms with Gasteiger partial charge in [0.2, 0.25) is 5.88 Å². The molecule has 164 valence electrons. The van der Waals surface area contributed by atoms with Crippen molar-refractivity contribution in [2.45, 2.75) is 26.4 Å². The van der Waals surface area contributed by atoms with Gasteiger partial charge in [0.15, 0.2) is 11.5 Å². The number of carbonyl (C=O) groups is 1. The molecule has 0 radical (unpaired) electrons. The average molecular weight is 426 g/mol. The van der Waals surface area contributed by atoms with E-state index < -0.39 is 23.3 Å². The topological polar surface area (TPSA) is 85.2 Å². The smallest absolute Gasteiger partial charge is 0.434 e. The number of likely N-dealkylation sites (tertiary alicyclic amines) is 1. The van der Waals surface area contributed by atoms with E-state index in [4.69, 9.17) is 4.74 Å². The number of rotatable bonds is 6. The van der Waals surface area contributed by atoms with E-state index in [1.165, 1.54) is 19.2 Å². The Morgan fingerprint density at radius 3 is 2.50 bits per heavy atom. The van der Waals surface area contributed by atoms with Crippen molar-refractivity contribution in [1.82, 2.24) is 30.2 Å². The first-order valence-corrected chi connectivity index (χ1v) is 9.73. The molecule has 3 rings (SSSR count). The highest BCUT2D eigenvalue weighted by Gasteiger charge is 2.41. The Morgan fingerprint density at radius 2 is 1.93 bits per heavy atom. The summed E-state index contributed by atoms with van der Waals surface area (Å²) in [5.74, 6) is 0.278. The van der Waals surface area contributed by atoms with Crippen LogP contribution in [0.5, 0.6) is 5.88 Å². The maximum atomic E-state index is 13.7. The van der Waals surface area contributed by atoms with Gasteiger partial charge in [-0.25, -0.2) is 4.68 Å². The van der Waals surface area contributed by atoms with Crippen LogP contribution in [0.1, 0.15) is 36.3 Å². The second-order valence-electron chi connectivity index (χ2n) is 7.71. The molecule has 0 aliphatic carbocycles. The van der Waals surface area contributed by atoms with Crippen molar-refractivity contribution in [2.24, 2.45) is 11.8 Å². The van der Waals surface area contributed by atoms with Crippen LogP contribution in [0, 0.1) is 11.8 Å². The molecule has 2 aromatic heterocycles. The number of piperidine rings is 1. The number of aromatic nitrogens is 4. The van der Waals surface area contributed by atoms with Gasteiger partial charge in [0.25, 0.3) is 5.91 Å². The van der Waals surface area contributed by atoms with Crippen LogP contribution in [0.3, 0.4) is 0 Å². The minimum absolute atomic E-state index is 0.152. The Hall–Kier alpha value is -2.69. The number of alkyl halides is 3. The third kappa shape index (κ3) is 5.07. The molecule has 1 aliphatic rings. The maximum absolute atomic E-state index is 13.7. The third-order valence-electron chi connectivity index (χ3n) is 4.99. The highest BCUT2D eigenvalue weighted by atomic mass is 19.4. The van der Waals surface area contributed by atoms with Gasteiger partial charge in [-0.2, -0.15) is 18.3 Å². The highest BCUT2D eigenvalue weighted by molar-refractivity contribution is 5.95. The lowest BCUT2D eigenvalue weighted by Crippen LogP contribution is -2.43. The van der Waals surface area contributed by atoms with Crippen molar-refractivity contribution in [3.05, 3.63) is 29.6 Å². The second-order valence-corrected chi connectivity index (χ2v) is 7.71. The lowest BCUT2D eigenvalue weighted by Gasteiger charge is -2.34. The lowest BCUT2D eigenvalue weighted by atomic mass is 9.92. The van der Waals surface area contributed by atoms with E-state index in [-0.39, 0.29) is 18.2 Å². The standard InChI is InChI=1S/C19H25F3N6O2/c1-12-8-13(2)11-27(10-12)7-6-23-18(29)14-9-24-28(17(14)19(20,21)22)15-4-5-16(30-3)26-25-15/h4-5,9,12-13H,6-8,10-11H2,1-3H3,(H,23,29). The Bertz CT molecular complexity index is 858. The number of carbonyl (C=O) groups excluding carboxylic acids is 1. The van der Waals surface area contributed by atoms with Crippen LogP contribution in [0.25, 0.3) is 5.82 Å². The van der Waals surface area contributed by atoms with Crippen LogP contribution in [0.2, 0.25) is 0 Å². The Balaban J connectivity index is 1.73. The summed E-state index contributed by atoms with van der Waals surface area (Å²) in [6.07, 6.45) is -2.75. The zero-order chi connectivity index (χ0) is 21.9. The minimum Gasteiger partial charge on any atom is -0.480 e. The summed E-state index contributed by atoms with van der Waals surface area (Å²) < 4.78 is 46.6. The first-order valence-electron chi connectivity index (χ1n) is 9.73. The van der Waals surface area contributed by atoms with Crippen molar-refractivity contribution >= 4 is 5.91 Å². The summed E-state index contributed by atoms with van der Waals surface area (Å²) in [7, 11) is 1.37. The third-order valence-corrected chi connectivity index (χ3v) is 4.99. The van der Waals surface area contributed by atoms with E-state index in [2.05, 4.69) is 39.4 Å². The minimum atomic E-state index is -4.80. The fraction of sp³-hybridized carbons (Fsp3) is 0.579. The van der Waals surface area contributed by atoms with E-state index in [1.54, 1.807) is 0 Å². The number of nitrogens with zero attached hydrogens (tertiary/aromatic N) is 5. The van der Waals surface area contributed by atoms with E-state index in [9.17, 15) is 18.0 Å². The molecular weight excluding hydrogens is 401 g/mol. The fourth-order valence-electron chi connectivity index (χ4n) is 3.89. The Kier molecular flexibility index (Phi) is 6.59. The van der Waals surface area contributed by atoms with Crippen LogP contribution < -0.4 is 10.1 Å². The van der Waals surface area contributed by atoms with E-state index in [0.29, 0.717) is 23.1 Å². The lowest BCUT2D eigenvalue weighted by molar-refractivity contribution is -0.143. The summed E-state index contributed by atoms with van der Waals surface area (Å²) in [4.78, 5) is 14.7. The van der Waals surface area contributed by atoms with Crippen LogP contribution >= 0.6 is 0 Å². The molecule has 30 heavy (non-hydrogen) atoms. The SMILES string of the molecule is COc1ccc(-n2ncc(C(=O)NCCN3CC(C)CC(C)C3)c2C(F)(F)F)nn1. The van der Waals surface area contributed by atoms with Crippen molar-refractivity contribution in [1.29, 1.82) is 0 Å². The Morgan fingerprint density at radius 1 is 1.23 bits per heavy atom. The first kappa shape index (κ1) is 22.0. The number of ether oxygens (including phenoxy) is 1. The number of nitrogens with one attached hydrogen (secondary N) is 1. The number of methoxy groups -OCH3 is 1. The van der Waals surface area contributed by atoms with E-state index >= 15 is 0 Å². The largest absolute Gasteiger partial charge is 0.480 e. The molecule has 3 heterocycles. The zero-order valence-corrected chi connectivity index (χ0v) is 17.1. The zero-order valence-electron chi connectivity index (χ0n) is 17.1. The van der Waals surface area contributed by atoms with E-state index in [0.717, 1.165) is 25.7 Å². The summed E-state index contributed by atoms with van der Waals surface area (Å²) in [6.45, 7) is 7.02. The van der Waals surface area contributed by atoms with Crippen LogP contribution in [-0.2, 0) is 6.18 Å². The maximum Gasteiger partial charge on any atom is 0.434 e. The molecule has 2 unspecified atom stereocenters. The van der Waals surface area contributed by atoms with Crippen molar-refractivity contribution in [3.63, 3.8) is 0 Å². The predicted molar refractivity (Wildman–Crippen MR) is 102 cm³/mol. The van der Waals surface area contributed by atoms with Crippen LogP contribution in [0.15, 0.2) is 18.3 Å². The van der Waals surface area contributed by atoms with Gasteiger partial charge in [0, 0.05) is 32.2 Å². The van der Waals surface area contributed by atoms with Gasteiger partial charge in [0.1, 0.15) is 0 Å². The number of amides is 1. The molecule has 1 N–H and O–H groups in total. The van der Waals surface area contributed by atoms with Crippen molar-refractivity contribution in [3.8, 4) is 11.7 Å². The quantitative estimate of drug-likeness (QED) is 0.764. The van der Waals surface area contributed by atoms with Crippen molar-refractivity contribution in [2.75, 3.05) is 33.3 Å². The van der Waals surface area contributed by atoms with Crippen LogP contribution in [0.4, 0.5) is 13.2 Å². The van der Waals surface area contributed by atoms with Gasteiger partial charge in [-0.15, -0.1) is 10.2 Å². The predicted octanol–water partition coefficient (Wildman–Crippen LogP) is 2.40. The first-order chi connectivity index (χ1) is 14.2. The molecule has 2 aromatic rings. The molecule has 0 spiro atoms. The van der Waals surface area contributed by atoms with Crippen molar-refractivity contribution < 1.29 is 22.7 Å². The molecule has 1 fully saturated rings. The molecule has 11 heteroatoms. The van der Waals surface area contributed by atoms with Gasteiger partial charge in [-0.3, -0.25) is 4.79 Å². The molecule has 1 amide bonds. The number of halogens is 3.